The van der Waals surface area contributed by atoms with E-state index >= 15 is 4.39 Å². The molecule has 31 heavy (non-hydrogen) atoms. The van der Waals surface area contributed by atoms with E-state index in [2.05, 4.69) is 10.4 Å². The fourth-order valence-electron chi connectivity index (χ4n) is 3.23. The number of nitrogens with zero attached hydrogens (tertiary/aromatic N) is 5. The van der Waals surface area contributed by atoms with Gasteiger partial charge in [0.25, 0.3) is 0 Å². The lowest BCUT2D eigenvalue weighted by molar-refractivity contribution is -0.107. The molecule has 162 valence electrons. The summed E-state index contributed by atoms with van der Waals surface area (Å²) in [7, 11) is 0. The van der Waals surface area contributed by atoms with Crippen molar-refractivity contribution in [2.24, 2.45) is 0 Å². The number of hydrogen-bond donors (Lipinski definition) is 1. The van der Waals surface area contributed by atoms with Gasteiger partial charge in [-0.1, -0.05) is 12.1 Å². The minimum absolute atomic E-state index is 0.0713. The fourth-order valence-corrected chi connectivity index (χ4v) is 3.23. The Balaban J connectivity index is 1.67. The summed E-state index contributed by atoms with van der Waals surface area (Å²) in [5, 5.41) is 9.85. The van der Waals surface area contributed by atoms with Crippen molar-refractivity contribution in [1.82, 2.24) is 14.8 Å². The van der Waals surface area contributed by atoms with Crippen LogP contribution in [-0.2, 0) is 16.1 Å². The molecule has 1 saturated heterocycles. The van der Waals surface area contributed by atoms with E-state index in [0.717, 1.165) is 5.01 Å². The number of nitriles is 1. The Morgan fingerprint density at radius 2 is 2.10 bits per heavy atom. The van der Waals surface area contributed by atoms with Crippen LogP contribution in [0.2, 0.25) is 0 Å². The molecule has 1 aliphatic rings. The lowest BCUT2D eigenvalue weighted by Gasteiger charge is -2.34. The van der Waals surface area contributed by atoms with Gasteiger partial charge in [-0.15, -0.1) is 0 Å². The molecule has 0 radical (unpaired) electrons. The monoisotopic (exact) mass is 426 g/mol. The number of halogens is 1. The van der Waals surface area contributed by atoms with E-state index in [-0.39, 0.29) is 17.5 Å². The minimum atomic E-state index is -0.517. The molecule has 2 heterocycles. The molecule has 0 aliphatic carbocycles. The SMILES string of the molecule is CCOC(=O)N1CCN(Cc2cccc(N(C=O)Nc3ccc(C#N)nc3)c2F)CC1. The average Bonchev–Trinajstić information content (AvgIpc) is 2.80. The lowest BCUT2D eigenvalue weighted by atomic mass is 10.1. The van der Waals surface area contributed by atoms with Gasteiger partial charge in [0, 0.05) is 38.3 Å². The van der Waals surface area contributed by atoms with Gasteiger partial charge in [0.05, 0.1) is 18.5 Å². The van der Waals surface area contributed by atoms with Crippen LogP contribution in [-0.4, -0.2) is 60.1 Å². The third kappa shape index (κ3) is 5.46. The number of carbonyl (C=O) groups is 2. The molecule has 0 bridgehead atoms. The average molecular weight is 426 g/mol. The second-order valence-electron chi connectivity index (χ2n) is 6.84. The van der Waals surface area contributed by atoms with Crippen molar-refractivity contribution in [3.63, 3.8) is 0 Å². The van der Waals surface area contributed by atoms with E-state index in [4.69, 9.17) is 10.00 Å². The van der Waals surface area contributed by atoms with Crippen molar-refractivity contribution in [2.75, 3.05) is 43.2 Å². The number of ether oxygens (including phenoxy) is 1. The van der Waals surface area contributed by atoms with Gasteiger partial charge >= 0.3 is 6.09 Å². The second kappa shape index (κ2) is 10.4. The summed E-state index contributed by atoms with van der Waals surface area (Å²) < 4.78 is 20.2. The molecular formula is C21H23FN6O3. The van der Waals surface area contributed by atoms with Crippen molar-refractivity contribution >= 4 is 23.9 Å². The van der Waals surface area contributed by atoms with Gasteiger partial charge in [0.15, 0.2) is 5.82 Å². The van der Waals surface area contributed by atoms with Crippen molar-refractivity contribution in [2.45, 2.75) is 13.5 Å². The van der Waals surface area contributed by atoms with Crippen LogP contribution >= 0.6 is 0 Å². The maximum atomic E-state index is 15.2. The quantitative estimate of drug-likeness (QED) is 0.536. The Morgan fingerprint density at radius 1 is 1.32 bits per heavy atom. The molecule has 1 N–H and O–H groups in total. The normalized spacial score (nSPS) is 13.9. The summed E-state index contributed by atoms with van der Waals surface area (Å²) in [5.41, 5.74) is 3.96. The Morgan fingerprint density at radius 3 is 2.71 bits per heavy atom. The maximum absolute atomic E-state index is 15.2. The van der Waals surface area contributed by atoms with E-state index in [9.17, 15) is 9.59 Å². The summed E-state index contributed by atoms with van der Waals surface area (Å²) in [6, 6.07) is 9.82. The van der Waals surface area contributed by atoms with Gasteiger partial charge < -0.3 is 9.64 Å². The van der Waals surface area contributed by atoms with Gasteiger partial charge in [-0.2, -0.15) is 5.26 Å². The van der Waals surface area contributed by atoms with Gasteiger partial charge in [-0.05, 0) is 25.1 Å². The summed E-state index contributed by atoms with van der Waals surface area (Å²) in [5.74, 6) is -0.517. The summed E-state index contributed by atoms with van der Waals surface area (Å²) >= 11 is 0. The predicted octanol–water partition coefficient (Wildman–Crippen LogP) is 2.36. The van der Waals surface area contributed by atoms with Crippen LogP contribution in [0.1, 0.15) is 18.2 Å². The fraction of sp³-hybridized carbons (Fsp3) is 0.333. The molecule has 0 spiro atoms. The smallest absolute Gasteiger partial charge is 0.409 e. The molecule has 10 heteroatoms. The standard InChI is InChI=1S/C21H23FN6O3/c1-2-31-21(30)27-10-8-26(9-11-27)14-16-4-3-5-19(20(16)22)28(15-29)25-18-7-6-17(12-23)24-13-18/h3-7,13,15,25H,2,8-11,14H2,1H3. The zero-order valence-corrected chi connectivity index (χ0v) is 17.1. The molecule has 1 aromatic heterocycles. The molecule has 9 nitrogen and oxygen atoms in total. The molecule has 0 saturated carbocycles. The Labute approximate surface area is 179 Å². The van der Waals surface area contributed by atoms with E-state index in [0.29, 0.717) is 57.0 Å². The third-order valence-corrected chi connectivity index (χ3v) is 4.84. The van der Waals surface area contributed by atoms with Crippen molar-refractivity contribution < 1.29 is 18.7 Å². The summed E-state index contributed by atoms with van der Waals surface area (Å²) in [6.07, 6.45) is 1.53. The van der Waals surface area contributed by atoms with Crippen LogP contribution in [0.25, 0.3) is 0 Å². The summed E-state index contributed by atoms with van der Waals surface area (Å²) in [6.45, 7) is 4.64. The van der Waals surface area contributed by atoms with Crippen LogP contribution in [0.5, 0.6) is 0 Å². The van der Waals surface area contributed by atoms with Crippen molar-refractivity contribution in [1.29, 1.82) is 5.26 Å². The maximum Gasteiger partial charge on any atom is 0.409 e. The predicted molar refractivity (Wildman–Crippen MR) is 111 cm³/mol. The van der Waals surface area contributed by atoms with E-state index in [1.54, 1.807) is 30.0 Å². The van der Waals surface area contributed by atoms with Gasteiger partial charge in [-0.3, -0.25) is 15.1 Å². The van der Waals surface area contributed by atoms with Crippen LogP contribution < -0.4 is 10.4 Å². The van der Waals surface area contributed by atoms with E-state index < -0.39 is 5.82 Å². The summed E-state index contributed by atoms with van der Waals surface area (Å²) in [4.78, 5) is 31.0. The number of aromatic nitrogens is 1. The highest BCUT2D eigenvalue weighted by atomic mass is 19.1. The van der Waals surface area contributed by atoms with Crippen molar-refractivity contribution in [3.8, 4) is 6.07 Å². The molecule has 0 atom stereocenters. The number of benzene rings is 1. The number of anilines is 2. The molecule has 2 aromatic rings. The Kier molecular flexibility index (Phi) is 7.35. The number of carbonyl (C=O) groups excluding carboxylic acids is 2. The highest BCUT2D eigenvalue weighted by Crippen LogP contribution is 2.24. The molecule has 1 aromatic carbocycles. The highest BCUT2D eigenvalue weighted by Gasteiger charge is 2.23. The van der Waals surface area contributed by atoms with E-state index in [1.807, 2.05) is 11.0 Å². The first kappa shape index (κ1) is 22.0. The number of rotatable bonds is 7. The first-order chi connectivity index (χ1) is 15.0. The molecule has 0 unspecified atom stereocenters. The van der Waals surface area contributed by atoms with Crippen LogP contribution in [0, 0.1) is 17.1 Å². The highest BCUT2D eigenvalue weighted by molar-refractivity contribution is 5.79. The molecule has 1 aliphatic heterocycles. The topological polar surface area (TPSA) is 102 Å². The van der Waals surface area contributed by atoms with Crippen LogP contribution in [0.3, 0.4) is 0 Å². The second-order valence-corrected chi connectivity index (χ2v) is 6.84. The van der Waals surface area contributed by atoms with Crippen molar-refractivity contribution in [3.05, 3.63) is 53.6 Å². The first-order valence-electron chi connectivity index (χ1n) is 9.84. The Hall–Kier alpha value is -3.71. The number of pyridine rings is 1. The van der Waals surface area contributed by atoms with Gasteiger partial charge in [-0.25, -0.2) is 19.2 Å². The van der Waals surface area contributed by atoms with Crippen LogP contribution in [0.15, 0.2) is 36.5 Å². The Bertz CT molecular complexity index is 955. The molecule has 3 rings (SSSR count). The third-order valence-electron chi connectivity index (χ3n) is 4.84. The van der Waals surface area contributed by atoms with Crippen LogP contribution in [0.4, 0.5) is 20.6 Å². The number of nitrogens with one attached hydrogen (secondary N) is 1. The zero-order valence-electron chi connectivity index (χ0n) is 17.1. The van der Waals surface area contributed by atoms with Gasteiger partial charge in [0.2, 0.25) is 6.41 Å². The minimum Gasteiger partial charge on any atom is -0.450 e. The largest absolute Gasteiger partial charge is 0.450 e. The number of piperazine rings is 1. The zero-order chi connectivity index (χ0) is 22.2. The number of hydrogen-bond acceptors (Lipinski definition) is 7. The number of hydrazine groups is 1. The first-order valence-corrected chi connectivity index (χ1v) is 9.84. The van der Waals surface area contributed by atoms with Gasteiger partial charge in [0.1, 0.15) is 17.5 Å². The number of amides is 2. The van der Waals surface area contributed by atoms with E-state index in [1.165, 1.54) is 18.3 Å². The lowest BCUT2D eigenvalue weighted by Crippen LogP contribution is -2.48. The molecule has 1 fully saturated rings. The molecular weight excluding hydrogens is 403 g/mol. The molecule has 2 amide bonds.